The number of hydrogen-bond donors (Lipinski definition) is 1. The molecular formula is C29H29ClFN3O5S2. The number of piperidine rings is 1. The monoisotopic (exact) mass is 617 g/mol. The molecule has 2 aliphatic heterocycles. The number of carbonyl (C=O) groups is 1. The van der Waals surface area contributed by atoms with Crippen molar-refractivity contribution in [3.8, 4) is 0 Å². The second kappa shape index (κ2) is 10.4. The smallest absolute Gasteiger partial charge is 0.255 e. The zero-order valence-corrected chi connectivity index (χ0v) is 24.5. The van der Waals surface area contributed by atoms with Gasteiger partial charge in [0.05, 0.1) is 20.4 Å². The Bertz CT molecular complexity index is 1740. The molecule has 3 aromatic rings. The third-order valence-corrected chi connectivity index (χ3v) is 12.4. The average Bonchev–Trinajstić information content (AvgIpc) is 2.97. The summed E-state index contributed by atoms with van der Waals surface area (Å²) in [6.07, 6.45) is 7.86. The molecule has 12 heteroatoms. The fourth-order valence-corrected chi connectivity index (χ4v) is 10.4. The van der Waals surface area contributed by atoms with Gasteiger partial charge in [0.25, 0.3) is 5.91 Å². The highest BCUT2D eigenvalue weighted by molar-refractivity contribution is 7.92. The van der Waals surface area contributed by atoms with E-state index >= 15 is 0 Å². The molecule has 41 heavy (non-hydrogen) atoms. The Labute approximate surface area is 243 Å². The molecule has 3 heterocycles. The molecule has 1 aromatic heterocycles. The summed E-state index contributed by atoms with van der Waals surface area (Å²) in [6.45, 7) is 0.691. The number of nitrogens with one attached hydrogen (secondary N) is 1. The van der Waals surface area contributed by atoms with Gasteiger partial charge in [-0.3, -0.25) is 9.78 Å². The van der Waals surface area contributed by atoms with Crippen molar-refractivity contribution in [3.05, 3.63) is 82.4 Å². The molecule has 1 saturated carbocycles. The number of benzene rings is 2. The average molecular weight is 618 g/mol. The number of hydrogen-bond acceptors (Lipinski definition) is 6. The van der Waals surface area contributed by atoms with E-state index in [1.165, 1.54) is 18.3 Å². The number of pyridine rings is 1. The van der Waals surface area contributed by atoms with Crippen LogP contribution in [0, 0.1) is 5.82 Å². The predicted molar refractivity (Wildman–Crippen MR) is 151 cm³/mol. The normalized spacial score (nSPS) is 19.9. The molecule has 0 unspecified atom stereocenters. The summed E-state index contributed by atoms with van der Waals surface area (Å²) in [6, 6.07) is 9.36. The quantitative estimate of drug-likeness (QED) is 0.448. The number of sulfone groups is 1. The Morgan fingerprint density at radius 3 is 2.41 bits per heavy atom. The van der Waals surface area contributed by atoms with Crippen molar-refractivity contribution >= 4 is 37.4 Å². The first-order valence-corrected chi connectivity index (χ1v) is 17.0. The first-order valence-electron chi connectivity index (χ1n) is 13.6. The van der Waals surface area contributed by atoms with E-state index in [1.54, 1.807) is 29.3 Å². The van der Waals surface area contributed by atoms with Crippen LogP contribution in [0.25, 0.3) is 0 Å². The molecule has 1 amide bonds. The lowest BCUT2D eigenvalue weighted by Crippen LogP contribution is -2.46. The molecule has 6 rings (SSSR count). The summed E-state index contributed by atoms with van der Waals surface area (Å²) in [7, 11) is -8.44. The third kappa shape index (κ3) is 4.86. The van der Waals surface area contributed by atoms with Gasteiger partial charge in [-0.15, -0.1) is 0 Å². The fraction of sp³-hybridized carbons (Fsp3) is 0.379. The molecule has 1 spiro atoms. The van der Waals surface area contributed by atoms with Crippen molar-refractivity contribution in [2.75, 3.05) is 13.1 Å². The van der Waals surface area contributed by atoms with Gasteiger partial charge in [-0.1, -0.05) is 36.9 Å². The van der Waals surface area contributed by atoms with Gasteiger partial charge in [-0.25, -0.2) is 25.9 Å². The fourth-order valence-electron chi connectivity index (χ4n) is 6.56. The highest BCUT2D eigenvalue weighted by Gasteiger charge is 2.48. The van der Waals surface area contributed by atoms with Crippen LogP contribution < -0.4 is 4.72 Å². The van der Waals surface area contributed by atoms with Crippen LogP contribution in [0.3, 0.4) is 0 Å². The van der Waals surface area contributed by atoms with E-state index in [1.807, 2.05) is 0 Å². The summed E-state index contributed by atoms with van der Waals surface area (Å²) in [5.74, 6) is -0.839. The number of sulfonamides is 1. The molecule has 3 aliphatic rings. The highest BCUT2D eigenvalue weighted by atomic mass is 35.5. The van der Waals surface area contributed by atoms with Gasteiger partial charge in [0.15, 0.2) is 0 Å². The van der Waals surface area contributed by atoms with E-state index < -0.39 is 37.1 Å². The number of fused-ring (bicyclic) bond motifs is 4. The molecule has 1 aliphatic carbocycles. The van der Waals surface area contributed by atoms with Crippen LogP contribution in [0.2, 0.25) is 5.02 Å². The Hall–Kier alpha value is -2.86. The lowest BCUT2D eigenvalue weighted by atomic mass is 9.65. The summed E-state index contributed by atoms with van der Waals surface area (Å²) < 4.78 is 71.8. The summed E-state index contributed by atoms with van der Waals surface area (Å²) in [5.41, 5.74) is 0.798. The van der Waals surface area contributed by atoms with Crippen LogP contribution in [-0.4, -0.2) is 51.8 Å². The van der Waals surface area contributed by atoms with Crippen molar-refractivity contribution in [1.82, 2.24) is 14.6 Å². The SMILES string of the molecule is O=C(c1cccnc1)N1CCC(NS(=O)(=O)c2cc3c(cc2Cl)C2(CCCCC2)c2ccc(F)cc2S3(=O)=O)CC1. The number of carbonyl (C=O) groups excluding carboxylic acids is 1. The topological polar surface area (TPSA) is 114 Å². The second-order valence-electron chi connectivity index (χ2n) is 11.0. The van der Waals surface area contributed by atoms with Gasteiger partial charge in [0, 0.05) is 36.9 Å². The molecule has 216 valence electrons. The number of likely N-dealkylation sites (tertiary alicyclic amines) is 1. The lowest BCUT2D eigenvalue weighted by Gasteiger charge is -2.43. The lowest BCUT2D eigenvalue weighted by molar-refractivity contribution is 0.0711. The second-order valence-corrected chi connectivity index (χ2v) is 15.0. The van der Waals surface area contributed by atoms with E-state index in [-0.39, 0.29) is 25.6 Å². The van der Waals surface area contributed by atoms with E-state index in [0.29, 0.717) is 55.5 Å². The van der Waals surface area contributed by atoms with Crippen molar-refractivity contribution in [1.29, 1.82) is 0 Å². The Morgan fingerprint density at radius 2 is 1.73 bits per heavy atom. The molecular weight excluding hydrogens is 589 g/mol. The third-order valence-electron chi connectivity index (χ3n) is 8.60. The molecule has 1 saturated heterocycles. The Morgan fingerprint density at radius 1 is 1.02 bits per heavy atom. The highest BCUT2D eigenvalue weighted by Crippen LogP contribution is 2.54. The summed E-state index contributed by atoms with van der Waals surface area (Å²) >= 11 is 6.61. The van der Waals surface area contributed by atoms with Crippen molar-refractivity contribution in [3.63, 3.8) is 0 Å². The maximum Gasteiger partial charge on any atom is 0.255 e. The molecule has 2 fully saturated rings. The largest absolute Gasteiger partial charge is 0.338 e. The van der Waals surface area contributed by atoms with E-state index in [2.05, 4.69) is 9.71 Å². The van der Waals surface area contributed by atoms with Crippen molar-refractivity contribution in [2.24, 2.45) is 0 Å². The first-order chi connectivity index (χ1) is 19.5. The molecule has 0 atom stereocenters. The zero-order valence-electron chi connectivity index (χ0n) is 22.1. The predicted octanol–water partition coefficient (Wildman–Crippen LogP) is 4.85. The number of aromatic nitrogens is 1. The van der Waals surface area contributed by atoms with Crippen LogP contribution in [0.5, 0.6) is 0 Å². The number of rotatable bonds is 4. The van der Waals surface area contributed by atoms with Gasteiger partial charge < -0.3 is 4.90 Å². The van der Waals surface area contributed by atoms with Gasteiger partial charge >= 0.3 is 0 Å². The maximum atomic E-state index is 14.3. The Kier molecular flexibility index (Phi) is 7.20. The van der Waals surface area contributed by atoms with Crippen molar-refractivity contribution in [2.45, 2.75) is 71.1 Å². The van der Waals surface area contributed by atoms with Gasteiger partial charge in [0.1, 0.15) is 10.7 Å². The van der Waals surface area contributed by atoms with E-state index in [0.717, 1.165) is 31.4 Å². The molecule has 0 radical (unpaired) electrons. The minimum atomic E-state index is -4.23. The van der Waals surface area contributed by atoms with Crippen LogP contribution in [0.4, 0.5) is 4.39 Å². The van der Waals surface area contributed by atoms with Crippen molar-refractivity contribution < 1.29 is 26.0 Å². The number of halogens is 2. The van der Waals surface area contributed by atoms with E-state index in [9.17, 15) is 26.0 Å². The standard InChI is InChI=1S/C29H29ClFN3O5S2/c30-24-16-23-26(40(36,37)25-15-20(31)6-7-22(25)29(23)10-2-1-3-11-29)17-27(24)41(38,39)33-21-8-13-34(14-9-21)28(35)19-5-4-12-32-18-19/h4-7,12,15-18,21,33H,1-3,8-11,13-14H2. The molecule has 2 aromatic carbocycles. The molecule has 1 N–H and O–H groups in total. The molecule has 0 bridgehead atoms. The van der Waals surface area contributed by atoms with Crippen LogP contribution >= 0.6 is 11.6 Å². The van der Waals surface area contributed by atoms with Gasteiger partial charge in [-0.05, 0) is 73.2 Å². The maximum absolute atomic E-state index is 14.3. The summed E-state index contributed by atoms with van der Waals surface area (Å²) in [4.78, 5) is 17.8. The van der Waals surface area contributed by atoms with E-state index in [4.69, 9.17) is 11.6 Å². The number of amides is 1. The zero-order chi connectivity index (χ0) is 29.0. The van der Waals surface area contributed by atoms with Crippen LogP contribution in [-0.2, 0) is 25.3 Å². The first kappa shape index (κ1) is 28.3. The Balaban J connectivity index is 1.31. The van der Waals surface area contributed by atoms with Gasteiger partial charge in [0.2, 0.25) is 19.9 Å². The summed E-state index contributed by atoms with van der Waals surface area (Å²) in [5, 5.41) is -0.0637. The minimum Gasteiger partial charge on any atom is -0.338 e. The number of nitrogens with zero attached hydrogens (tertiary/aromatic N) is 2. The molecule has 8 nitrogen and oxygen atoms in total. The van der Waals surface area contributed by atoms with Crippen LogP contribution in [0.15, 0.2) is 69.5 Å². The van der Waals surface area contributed by atoms with Crippen LogP contribution in [0.1, 0.15) is 66.4 Å². The minimum absolute atomic E-state index is 0.0637. The van der Waals surface area contributed by atoms with Gasteiger partial charge in [-0.2, -0.15) is 0 Å².